The third-order valence-corrected chi connectivity index (χ3v) is 2.86. The monoisotopic (exact) mass is 314 g/mol. The normalized spacial score (nSPS) is 12.2. The molecule has 0 heterocycles. The minimum absolute atomic E-state index is 0.198. The van der Waals surface area contributed by atoms with Crippen LogP contribution >= 0.6 is 15.9 Å². The molecular weight excluding hydrogens is 300 g/mol. The van der Waals surface area contributed by atoms with E-state index in [1.165, 1.54) is 6.07 Å². The fraction of sp³-hybridized carbons (Fsp3) is 0.333. The zero-order valence-electron chi connectivity index (χ0n) is 10.1. The molecule has 0 spiro atoms. The molecule has 1 aromatic carbocycles. The second-order valence-corrected chi connectivity index (χ2v) is 5.22. The van der Waals surface area contributed by atoms with E-state index in [1.807, 2.05) is 0 Å². The van der Waals surface area contributed by atoms with Gasteiger partial charge in [-0.05, 0) is 24.1 Å². The van der Waals surface area contributed by atoms with Gasteiger partial charge in [-0.1, -0.05) is 29.8 Å². The highest BCUT2D eigenvalue weighted by molar-refractivity contribution is 9.10. The van der Waals surface area contributed by atoms with Crippen LogP contribution in [0.25, 0.3) is 0 Å². The lowest BCUT2D eigenvalue weighted by Crippen LogP contribution is -2.44. The van der Waals surface area contributed by atoms with Crippen molar-refractivity contribution in [3.63, 3.8) is 0 Å². The van der Waals surface area contributed by atoms with E-state index in [0.717, 1.165) is 0 Å². The molecule has 5 nitrogen and oxygen atoms in total. The Labute approximate surface area is 113 Å². The molecule has 1 atom stereocenters. The summed E-state index contributed by atoms with van der Waals surface area (Å²) < 4.78 is 0.670. The number of carbonyl (C=O) groups excluding carboxylic acids is 1. The van der Waals surface area contributed by atoms with Crippen LogP contribution in [0.5, 0.6) is 0 Å². The molecule has 18 heavy (non-hydrogen) atoms. The number of nitrogens with two attached hydrogens (primary N) is 1. The van der Waals surface area contributed by atoms with Crippen molar-refractivity contribution in [2.24, 2.45) is 5.92 Å². The van der Waals surface area contributed by atoms with Crippen molar-refractivity contribution in [2.75, 3.05) is 5.73 Å². The van der Waals surface area contributed by atoms with Gasteiger partial charge in [0, 0.05) is 15.7 Å². The number of nitrogen functional groups attached to an aromatic ring is 1. The van der Waals surface area contributed by atoms with Crippen molar-refractivity contribution >= 4 is 33.5 Å². The first-order chi connectivity index (χ1) is 8.31. The van der Waals surface area contributed by atoms with E-state index in [1.54, 1.807) is 26.0 Å². The number of aliphatic carboxylic acids is 1. The van der Waals surface area contributed by atoms with Crippen molar-refractivity contribution in [3.8, 4) is 0 Å². The van der Waals surface area contributed by atoms with Gasteiger partial charge in [0.25, 0.3) is 5.91 Å². The van der Waals surface area contributed by atoms with E-state index in [-0.39, 0.29) is 5.92 Å². The van der Waals surface area contributed by atoms with Gasteiger partial charge in [-0.25, -0.2) is 4.79 Å². The quantitative estimate of drug-likeness (QED) is 0.740. The molecule has 0 aliphatic heterocycles. The summed E-state index contributed by atoms with van der Waals surface area (Å²) in [7, 11) is 0. The lowest BCUT2D eigenvalue weighted by molar-refractivity contribution is -0.140. The molecule has 0 saturated carbocycles. The Bertz CT molecular complexity index is 454. The highest BCUT2D eigenvalue weighted by atomic mass is 79.9. The minimum Gasteiger partial charge on any atom is -0.480 e. The van der Waals surface area contributed by atoms with Crippen LogP contribution in [0.1, 0.15) is 24.2 Å². The number of hydrogen-bond donors (Lipinski definition) is 3. The molecule has 0 radical (unpaired) electrons. The van der Waals surface area contributed by atoms with Crippen LogP contribution < -0.4 is 11.1 Å². The molecule has 1 rings (SSSR count). The van der Waals surface area contributed by atoms with Gasteiger partial charge in [-0.15, -0.1) is 0 Å². The number of anilines is 1. The predicted molar refractivity (Wildman–Crippen MR) is 72.3 cm³/mol. The van der Waals surface area contributed by atoms with E-state index in [9.17, 15) is 9.59 Å². The van der Waals surface area contributed by atoms with Crippen LogP contribution in [-0.4, -0.2) is 23.0 Å². The van der Waals surface area contributed by atoms with Crippen molar-refractivity contribution in [2.45, 2.75) is 19.9 Å². The average Bonchev–Trinajstić information content (AvgIpc) is 2.23. The zero-order chi connectivity index (χ0) is 13.9. The van der Waals surface area contributed by atoms with Gasteiger partial charge in [0.05, 0.1) is 0 Å². The lowest BCUT2D eigenvalue weighted by Gasteiger charge is -2.18. The summed E-state index contributed by atoms with van der Waals surface area (Å²) in [6.07, 6.45) is 0. The average molecular weight is 315 g/mol. The van der Waals surface area contributed by atoms with Gasteiger partial charge in [-0.2, -0.15) is 0 Å². The van der Waals surface area contributed by atoms with Gasteiger partial charge in [-0.3, -0.25) is 4.79 Å². The summed E-state index contributed by atoms with van der Waals surface area (Å²) in [6, 6.07) is 3.83. The standard InChI is InChI=1S/C12H15BrN2O3/c1-6(2)10(12(17)18)15-11(16)7-3-8(13)5-9(14)4-7/h3-6,10H,14H2,1-2H3,(H,15,16)(H,17,18)/t10-/m1/s1. The van der Waals surface area contributed by atoms with Crippen LogP contribution in [0.4, 0.5) is 5.69 Å². The third kappa shape index (κ3) is 3.73. The molecule has 0 bridgehead atoms. The number of hydrogen-bond acceptors (Lipinski definition) is 3. The minimum atomic E-state index is -1.05. The number of carboxylic acid groups (broad SMARTS) is 1. The van der Waals surface area contributed by atoms with Crippen molar-refractivity contribution < 1.29 is 14.7 Å². The number of amides is 1. The van der Waals surface area contributed by atoms with Crippen molar-refractivity contribution in [1.29, 1.82) is 0 Å². The highest BCUT2D eigenvalue weighted by Crippen LogP contribution is 2.17. The van der Waals surface area contributed by atoms with Crippen molar-refractivity contribution in [3.05, 3.63) is 28.2 Å². The van der Waals surface area contributed by atoms with Gasteiger partial charge in [0.15, 0.2) is 0 Å². The Kier molecular flexibility index (Phi) is 4.72. The Morgan fingerprint density at radius 3 is 2.39 bits per heavy atom. The third-order valence-electron chi connectivity index (χ3n) is 2.40. The lowest BCUT2D eigenvalue weighted by atomic mass is 10.0. The maximum absolute atomic E-state index is 11.9. The molecule has 6 heteroatoms. The molecule has 0 unspecified atom stereocenters. The van der Waals surface area contributed by atoms with E-state index >= 15 is 0 Å². The molecular formula is C12H15BrN2O3. The largest absolute Gasteiger partial charge is 0.480 e. The maximum Gasteiger partial charge on any atom is 0.326 e. The molecule has 0 saturated heterocycles. The summed E-state index contributed by atoms with van der Waals surface area (Å²) >= 11 is 3.23. The SMILES string of the molecule is CC(C)[C@@H](NC(=O)c1cc(N)cc(Br)c1)C(=O)O. The van der Waals surface area contributed by atoms with E-state index in [0.29, 0.717) is 15.7 Å². The predicted octanol–water partition coefficient (Wildman–Crippen LogP) is 1.87. The Morgan fingerprint density at radius 2 is 1.94 bits per heavy atom. The number of carboxylic acids is 1. The van der Waals surface area contributed by atoms with Gasteiger partial charge in [0.2, 0.25) is 0 Å². The summed E-state index contributed by atoms with van der Waals surface area (Å²) in [5, 5.41) is 11.5. The number of rotatable bonds is 4. The molecule has 98 valence electrons. The summed E-state index contributed by atoms with van der Waals surface area (Å²) in [5.41, 5.74) is 6.38. The Hall–Kier alpha value is -1.56. The summed E-state index contributed by atoms with van der Waals surface area (Å²) in [4.78, 5) is 22.9. The van der Waals surface area contributed by atoms with Crippen LogP contribution in [0.3, 0.4) is 0 Å². The van der Waals surface area contributed by atoms with Gasteiger partial charge < -0.3 is 16.2 Å². The Balaban J connectivity index is 2.90. The topological polar surface area (TPSA) is 92.4 Å². The van der Waals surface area contributed by atoms with E-state index in [2.05, 4.69) is 21.2 Å². The summed E-state index contributed by atoms with van der Waals surface area (Å²) in [6.45, 7) is 3.46. The molecule has 0 aromatic heterocycles. The first-order valence-electron chi connectivity index (χ1n) is 5.41. The second kappa shape index (κ2) is 5.86. The second-order valence-electron chi connectivity index (χ2n) is 4.31. The fourth-order valence-corrected chi connectivity index (χ4v) is 1.99. The van der Waals surface area contributed by atoms with Crippen LogP contribution in [0, 0.1) is 5.92 Å². The Morgan fingerprint density at radius 1 is 1.33 bits per heavy atom. The number of nitrogens with one attached hydrogen (secondary N) is 1. The van der Waals surface area contributed by atoms with Crippen LogP contribution in [0.15, 0.2) is 22.7 Å². The molecule has 1 amide bonds. The van der Waals surface area contributed by atoms with E-state index < -0.39 is 17.9 Å². The molecule has 0 aliphatic rings. The first-order valence-corrected chi connectivity index (χ1v) is 6.20. The maximum atomic E-state index is 11.9. The first kappa shape index (κ1) is 14.5. The zero-order valence-corrected chi connectivity index (χ0v) is 11.7. The molecule has 4 N–H and O–H groups in total. The number of benzene rings is 1. The molecule has 1 aromatic rings. The van der Waals surface area contributed by atoms with Crippen molar-refractivity contribution in [1.82, 2.24) is 5.32 Å². The number of halogens is 1. The van der Waals surface area contributed by atoms with Gasteiger partial charge in [0.1, 0.15) is 6.04 Å². The van der Waals surface area contributed by atoms with Crippen LogP contribution in [0.2, 0.25) is 0 Å². The number of carbonyl (C=O) groups is 2. The fourth-order valence-electron chi connectivity index (χ4n) is 1.48. The van der Waals surface area contributed by atoms with Crippen LogP contribution in [-0.2, 0) is 4.79 Å². The smallest absolute Gasteiger partial charge is 0.326 e. The highest BCUT2D eigenvalue weighted by Gasteiger charge is 2.24. The molecule has 0 fully saturated rings. The molecule has 0 aliphatic carbocycles. The van der Waals surface area contributed by atoms with E-state index in [4.69, 9.17) is 10.8 Å². The summed E-state index contributed by atoms with van der Waals surface area (Å²) in [5.74, 6) is -1.71. The van der Waals surface area contributed by atoms with Gasteiger partial charge >= 0.3 is 5.97 Å².